The van der Waals surface area contributed by atoms with Crippen LogP contribution in [0.1, 0.15) is 31.2 Å². The maximum absolute atomic E-state index is 5.00. The van der Waals surface area contributed by atoms with E-state index < -0.39 is 0 Å². The molecule has 5 aromatic rings. The average molecular weight is 362 g/mol. The fourth-order valence-electron chi connectivity index (χ4n) is 3.86. The number of hydrogen-bond acceptors (Lipinski definition) is 2. The minimum atomic E-state index is 0.267. The topological polar surface area (TPSA) is 25.8 Å². The van der Waals surface area contributed by atoms with E-state index in [2.05, 4.69) is 93.6 Å². The van der Waals surface area contributed by atoms with Crippen LogP contribution in [0.25, 0.3) is 43.7 Å². The Hall–Kier alpha value is -3.26. The quantitative estimate of drug-likeness (QED) is 0.315. The van der Waals surface area contributed by atoms with Crippen LogP contribution in [0.5, 0.6) is 0 Å². The summed E-state index contributed by atoms with van der Waals surface area (Å²) in [6.07, 6.45) is 0. The van der Waals surface area contributed by atoms with Crippen molar-refractivity contribution in [2.24, 2.45) is 0 Å². The maximum Gasteiger partial charge on any atom is 0.132 e. The highest BCUT2D eigenvalue weighted by molar-refractivity contribution is 6.09. The molecule has 0 amide bonds. The molecule has 0 aliphatic rings. The zero-order valence-corrected chi connectivity index (χ0v) is 16.4. The van der Waals surface area contributed by atoms with E-state index in [4.69, 9.17) is 9.97 Å². The average Bonchev–Trinajstić information content (AvgIpc) is 2.72. The SMILES string of the molecule is Cc1ccc2ccc3c(-c4ccc5ccccc5c4)nc(C(C)C)nc3c2c1. The first kappa shape index (κ1) is 16.9. The van der Waals surface area contributed by atoms with E-state index >= 15 is 0 Å². The summed E-state index contributed by atoms with van der Waals surface area (Å²) in [5, 5.41) is 6.00. The number of aromatic nitrogens is 2. The number of aryl methyl sites for hydroxylation is 1. The van der Waals surface area contributed by atoms with E-state index in [1.54, 1.807) is 0 Å². The van der Waals surface area contributed by atoms with Crippen molar-refractivity contribution in [2.45, 2.75) is 26.7 Å². The molecule has 1 heterocycles. The van der Waals surface area contributed by atoms with E-state index in [1.165, 1.54) is 27.1 Å². The first-order chi connectivity index (χ1) is 13.6. The van der Waals surface area contributed by atoms with Crippen LogP contribution in [0, 0.1) is 6.92 Å². The van der Waals surface area contributed by atoms with Crippen molar-refractivity contribution >= 4 is 32.4 Å². The molecule has 0 N–H and O–H groups in total. The molecule has 0 aliphatic heterocycles. The van der Waals surface area contributed by atoms with E-state index in [9.17, 15) is 0 Å². The zero-order valence-electron chi connectivity index (χ0n) is 16.4. The Morgan fingerprint density at radius 1 is 0.679 bits per heavy atom. The first-order valence-corrected chi connectivity index (χ1v) is 9.80. The van der Waals surface area contributed by atoms with E-state index in [0.29, 0.717) is 0 Å². The molecule has 0 spiro atoms. The Morgan fingerprint density at radius 3 is 2.25 bits per heavy atom. The molecule has 4 aromatic carbocycles. The van der Waals surface area contributed by atoms with Gasteiger partial charge in [0.15, 0.2) is 0 Å². The Bertz CT molecular complexity index is 1350. The Kier molecular flexibility index (Phi) is 3.87. The highest BCUT2D eigenvalue weighted by atomic mass is 14.9. The second kappa shape index (κ2) is 6.42. The lowest BCUT2D eigenvalue weighted by atomic mass is 9.98. The van der Waals surface area contributed by atoms with Crippen LogP contribution in [0.4, 0.5) is 0 Å². The van der Waals surface area contributed by atoms with Crippen LogP contribution in [0.3, 0.4) is 0 Å². The van der Waals surface area contributed by atoms with Gasteiger partial charge in [-0.05, 0) is 41.3 Å². The summed E-state index contributed by atoms with van der Waals surface area (Å²) in [5.74, 6) is 1.16. The Morgan fingerprint density at radius 2 is 1.43 bits per heavy atom. The molecule has 0 unspecified atom stereocenters. The van der Waals surface area contributed by atoms with Gasteiger partial charge in [0.05, 0.1) is 11.2 Å². The molecule has 0 radical (unpaired) electrons. The predicted octanol–water partition coefficient (Wildman–Crippen LogP) is 7.04. The largest absolute Gasteiger partial charge is 0.232 e. The van der Waals surface area contributed by atoms with Crippen LogP contribution in [0.15, 0.2) is 72.8 Å². The molecule has 0 aliphatic carbocycles. The summed E-state index contributed by atoms with van der Waals surface area (Å²) < 4.78 is 0. The second-order valence-corrected chi connectivity index (χ2v) is 7.83. The third-order valence-corrected chi connectivity index (χ3v) is 5.40. The van der Waals surface area contributed by atoms with Gasteiger partial charge in [-0.1, -0.05) is 74.0 Å². The lowest BCUT2D eigenvalue weighted by Crippen LogP contribution is -2.01. The molecule has 2 heteroatoms. The van der Waals surface area contributed by atoms with Crippen molar-refractivity contribution in [1.29, 1.82) is 0 Å². The van der Waals surface area contributed by atoms with E-state index in [1.807, 2.05) is 0 Å². The van der Waals surface area contributed by atoms with E-state index in [0.717, 1.165) is 28.0 Å². The van der Waals surface area contributed by atoms with Crippen LogP contribution in [0.2, 0.25) is 0 Å². The van der Waals surface area contributed by atoms with Crippen molar-refractivity contribution in [3.63, 3.8) is 0 Å². The molecule has 0 atom stereocenters. The number of rotatable bonds is 2. The van der Waals surface area contributed by atoms with Gasteiger partial charge in [0.1, 0.15) is 5.82 Å². The van der Waals surface area contributed by atoms with Crippen LogP contribution < -0.4 is 0 Å². The van der Waals surface area contributed by atoms with E-state index in [-0.39, 0.29) is 5.92 Å². The molecule has 1 aromatic heterocycles. The van der Waals surface area contributed by atoms with Crippen LogP contribution in [-0.2, 0) is 0 Å². The Balaban J connectivity index is 1.88. The zero-order chi connectivity index (χ0) is 19.3. The maximum atomic E-state index is 5.00. The number of fused-ring (bicyclic) bond motifs is 4. The summed E-state index contributed by atoms with van der Waals surface area (Å²) in [7, 11) is 0. The van der Waals surface area contributed by atoms with Crippen molar-refractivity contribution in [2.75, 3.05) is 0 Å². The lowest BCUT2D eigenvalue weighted by Gasteiger charge is -2.13. The minimum Gasteiger partial charge on any atom is -0.232 e. The summed E-state index contributed by atoms with van der Waals surface area (Å²) >= 11 is 0. The predicted molar refractivity (Wildman–Crippen MR) is 119 cm³/mol. The lowest BCUT2D eigenvalue weighted by molar-refractivity contribution is 0.785. The molecule has 0 fully saturated rings. The summed E-state index contributed by atoms with van der Waals surface area (Å²) in [6, 6.07) is 26.0. The molecular formula is C26H22N2. The minimum absolute atomic E-state index is 0.267. The van der Waals surface area contributed by atoms with Gasteiger partial charge in [-0.2, -0.15) is 0 Å². The van der Waals surface area contributed by atoms with Crippen LogP contribution >= 0.6 is 0 Å². The van der Waals surface area contributed by atoms with Gasteiger partial charge < -0.3 is 0 Å². The summed E-state index contributed by atoms with van der Waals surface area (Å²) in [5.41, 5.74) is 4.45. The van der Waals surface area contributed by atoms with Crippen molar-refractivity contribution in [1.82, 2.24) is 9.97 Å². The molecule has 136 valence electrons. The number of hydrogen-bond donors (Lipinski definition) is 0. The van der Waals surface area contributed by atoms with Gasteiger partial charge >= 0.3 is 0 Å². The molecule has 0 saturated heterocycles. The fourth-order valence-corrected chi connectivity index (χ4v) is 3.86. The third-order valence-electron chi connectivity index (χ3n) is 5.40. The van der Waals surface area contributed by atoms with Gasteiger partial charge in [0.2, 0.25) is 0 Å². The molecule has 0 saturated carbocycles. The first-order valence-electron chi connectivity index (χ1n) is 9.80. The molecule has 5 rings (SSSR count). The Labute approximate surface area is 164 Å². The van der Waals surface area contributed by atoms with Crippen LogP contribution in [-0.4, -0.2) is 9.97 Å². The monoisotopic (exact) mass is 362 g/mol. The standard InChI is InChI=1S/C26H22N2/c1-16(2)26-27-24(21-11-10-18-6-4-5-7-20(18)15-21)22-13-12-19-9-8-17(3)14-23(19)25(22)28-26/h4-16H,1-3H3. The molecule has 0 bridgehead atoms. The fraction of sp³-hybridized carbons (Fsp3) is 0.154. The van der Waals surface area contributed by atoms with Gasteiger partial charge in [0.25, 0.3) is 0 Å². The van der Waals surface area contributed by atoms with Gasteiger partial charge in [-0.15, -0.1) is 0 Å². The van der Waals surface area contributed by atoms with Gasteiger partial charge in [0, 0.05) is 22.3 Å². The number of nitrogens with zero attached hydrogens (tertiary/aromatic N) is 2. The normalized spacial score (nSPS) is 11.7. The highest BCUT2D eigenvalue weighted by Gasteiger charge is 2.14. The highest BCUT2D eigenvalue weighted by Crippen LogP contribution is 2.33. The second-order valence-electron chi connectivity index (χ2n) is 7.83. The molecule has 28 heavy (non-hydrogen) atoms. The van der Waals surface area contributed by atoms with Crippen molar-refractivity contribution in [3.8, 4) is 11.3 Å². The molecule has 2 nitrogen and oxygen atoms in total. The van der Waals surface area contributed by atoms with Gasteiger partial charge in [-0.3, -0.25) is 0 Å². The summed E-state index contributed by atoms with van der Waals surface area (Å²) in [4.78, 5) is 9.98. The third kappa shape index (κ3) is 2.73. The molecular weight excluding hydrogens is 340 g/mol. The van der Waals surface area contributed by atoms with Crippen molar-refractivity contribution in [3.05, 3.63) is 84.2 Å². The van der Waals surface area contributed by atoms with Gasteiger partial charge in [-0.25, -0.2) is 9.97 Å². The smallest absolute Gasteiger partial charge is 0.132 e. The number of benzene rings is 4. The summed E-state index contributed by atoms with van der Waals surface area (Å²) in [6.45, 7) is 6.44. The van der Waals surface area contributed by atoms with Crippen molar-refractivity contribution < 1.29 is 0 Å².